The third kappa shape index (κ3) is 1.99. The standard InChI is InChI=1S/C8H14N4O/c1-3-10-7(13)6(2)12-5-4-11-8(12)9/h4-6H,3H2,1-2H3,(H2,9,11)(H,10,13). The highest BCUT2D eigenvalue weighted by molar-refractivity contribution is 5.80. The fraction of sp³-hybridized carbons (Fsp3) is 0.500. The molecule has 0 aliphatic heterocycles. The van der Waals surface area contributed by atoms with Gasteiger partial charge in [-0.3, -0.25) is 4.79 Å². The summed E-state index contributed by atoms with van der Waals surface area (Å²) in [6, 6.07) is -0.303. The zero-order chi connectivity index (χ0) is 9.84. The molecule has 1 aromatic heterocycles. The van der Waals surface area contributed by atoms with Crippen LogP contribution in [0.2, 0.25) is 0 Å². The molecule has 0 aliphatic rings. The molecule has 3 N–H and O–H groups in total. The molecule has 1 rings (SSSR count). The molecule has 0 fully saturated rings. The van der Waals surface area contributed by atoms with Crippen LogP contribution in [0, 0.1) is 0 Å². The first-order valence-electron chi connectivity index (χ1n) is 4.22. The molecule has 1 unspecified atom stereocenters. The van der Waals surface area contributed by atoms with Crippen LogP contribution >= 0.6 is 0 Å². The van der Waals surface area contributed by atoms with Crippen molar-refractivity contribution in [1.29, 1.82) is 0 Å². The van der Waals surface area contributed by atoms with Gasteiger partial charge >= 0.3 is 0 Å². The molecule has 0 aliphatic carbocycles. The monoisotopic (exact) mass is 182 g/mol. The first kappa shape index (κ1) is 9.57. The Morgan fingerprint density at radius 2 is 2.54 bits per heavy atom. The van der Waals surface area contributed by atoms with Crippen LogP contribution in [0.4, 0.5) is 5.95 Å². The van der Waals surface area contributed by atoms with Crippen molar-refractivity contribution in [3.05, 3.63) is 12.4 Å². The highest BCUT2D eigenvalue weighted by atomic mass is 16.2. The van der Waals surface area contributed by atoms with Crippen molar-refractivity contribution in [3.8, 4) is 0 Å². The van der Waals surface area contributed by atoms with E-state index in [1.807, 2.05) is 6.92 Å². The molecular formula is C8H14N4O. The molecule has 0 bridgehead atoms. The van der Waals surface area contributed by atoms with Gasteiger partial charge in [-0.05, 0) is 13.8 Å². The van der Waals surface area contributed by atoms with E-state index in [0.29, 0.717) is 12.5 Å². The van der Waals surface area contributed by atoms with Crippen LogP contribution in [-0.4, -0.2) is 22.0 Å². The van der Waals surface area contributed by atoms with E-state index in [-0.39, 0.29) is 11.9 Å². The van der Waals surface area contributed by atoms with Gasteiger partial charge in [0.1, 0.15) is 6.04 Å². The molecule has 0 saturated heterocycles. The van der Waals surface area contributed by atoms with E-state index in [1.54, 1.807) is 23.9 Å². The number of carbonyl (C=O) groups excluding carboxylic acids is 1. The Labute approximate surface area is 76.9 Å². The van der Waals surface area contributed by atoms with Gasteiger partial charge in [-0.1, -0.05) is 0 Å². The van der Waals surface area contributed by atoms with Gasteiger partial charge in [-0.25, -0.2) is 4.98 Å². The summed E-state index contributed by atoms with van der Waals surface area (Å²) in [6.07, 6.45) is 3.26. The summed E-state index contributed by atoms with van der Waals surface area (Å²) in [5.41, 5.74) is 5.55. The number of nitrogens with two attached hydrogens (primary N) is 1. The van der Waals surface area contributed by atoms with Gasteiger partial charge in [0.15, 0.2) is 0 Å². The van der Waals surface area contributed by atoms with Gasteiger partial charge in [0.05, 0.1) is 0 Å². The highest BCUT2D eigenvalue weighted by Crippen LogP contribution is 2.09. The average Bonchev–Trinajstić information content (AvgIpc) is 2.50. The number of hydrogen-bond donors (Lipinski definition) is 2. The number of hydrogen-bond acceptors (Lipinski definition) is 3. The molecule has 1 heterocycles. The molecule has 0 spiro atoms. The SMILES string of the molecule is CCNC(=O)C(C)n1ccnc1N. The van der Waals surface area contributed by atoms with Crippen molar-refractivity contribution < 1.29 is 4.79 Å². The fourth-order valence-electron chi connectivity index (χ4n) is 1.10. The number of likely N-dealkylation sites (N-methyl/N-ethyl adjacent to an activating group) is 1. The number of carbonyl (C=O) groups is 1. The minimum Gasteiger partial charge on any atom is -0.369 e. The van der Waals surface area contributed by atoms with Crippen LogP contribution in [-0.2, 0) is 4.79 Å². The van der Waals surface area contributed by atoms with E-state index in [1.165, 1.54) is 0 Å². The van der Waals surface area contributed by atoms with Crippen molar-refractivity contribution in [3.63, 3.8) is 0 Å². The molecule has 1 atom stereocenters. The highest BCUT2D eigenvalue weighted by Gasteiger charge is 2.14. The third-order valence-electron chi connectivity index (χ3n) is 1.85. The van der Waals surface area contributed by atoms with Crippen LogP contribution in [0.25, 0.3) is 0 Å². The topological polar surface area (TPSA) is 72.9 Å². The summed E-state index contributed by atoms with van der Waals surface area (Å²) < 4.78 is 1.63. The Bertz CT molecular complexity index is 294. The Balaban J connectivity index is 2.73. The molecule has 0 aromatic carbocycles. The lowest BCUT2D eigenvalue weighted by Crippen LogP contribution is -2.30. The van der Waals surface area contributed by atoms with Gasteiger partial charge in [-0.2, -0.15) is 0 Å². The van der Waals surface area contributed by atoms with E-state index in [4.69, 9.17) is 5.73 Å². The van der Waals surface area contributed by atoms with Crippen LogP contribution < -0.4 is 11.1 Å². The number of anilines is 1. The number of aromatic nitrogens is 2. The van der Waals surface area contributed by atoms with Crippen molar-refractivity contribution in [2.75, 3.05) is 12.3 Å². The maximum Gasteiger partial charge on any atom is 0.242 e. The number of nitrogens with zero attached hydrogens (tertiary/aromatic N) is 2. The summed E-state index contributed by atoms with van der Waals surface area (Å²) in [7, 11) is 0. The number of rotatable bonds is 3. The first-order chi connectivity index (χ1) is 6.16. The molecule has 0 radical (unpaired) electrons. The molecule has 0 saturated carbocycles. The Hall–Kier alpha value is -1.52. The van der Waals surface area contributed by atoms with E-state index in [0.717, 1.165) is 0 Å². The van der Waals surface area contributed by atoms with Crippen molar-refractivity contribution >= 4 is 11.9 Å². The largest absolute Gasteiger partial charge is 0.369 e. The zero-order valence-electron chi connectivity index (χ0n) is 7.82. The van der Waals surface area contributed by atoms with Gasteiger partial charge in [0.2, 0.25) is 11.9 Å². The van der Waals surface area contributed by atoms with Crippen molar-refractivity contribution in [2.45, 2.75) is 19.9 Å². The van der Waals surface area contributed by atoms with Crippen molar-refractivity contribution in [1.82, 2.24) is 14.9 Å². The Morgan fingerprint density at radius 1 is 1.85 bits per heavy atom. The van der Waals surface area contributed by atoms with E-state index in [9.17, 15) is 4.79 Å². The fourth-order valence-corrected chi connectivity index (χ4v) is 1.10. The van der Waals surface area contributed by atoms with E-state index < -0.39 is 0 Å². The average molecular weight is 182 g/mol. The Kier molecular flexibility index (Phi) is 2.89. The van der Waals surface area contributed by atoms with Crippen LogP contribution in [0.3, 0.4) is 0 Å². The smallest absolute Gasteiger partial charge is 0.242 e. The normalized spacial score (nSPS) is 12.5. The lowest BCUT2D eigenvalue weighted by Gasteiger charge is -2.13. The number of imidazole rings is 1. The quantitative estimate of drug-likeness (QED) is 0.699. The minimum absolute atomic E-state index is 0.0489. The molecule has 13 heavy (non-hydrogen) atoms. The molecule has 5 nitrogen and oxygen atoms in total. The maximum atomic E-state index is 11.4. The summed E-state index contributed by atoms with van der Waals surface area (Å²) in [5, 5.41) is 2.72. The van der Waals surface area contributed by atoms with E-state index in [2.05, 4.69) is 10.3 Å². The molecule has 1 amide bonds. The zero-order valence-corrected chi connectivity index (χ0v) is 7.82. The van der Waals surface area contributed by atoms with Crippen LogP contribution in [0.5, 0.6) is 0 Å². The second-order valence-corrected chi connectivity index (χ2v) is 2.76. The third-order valence-corrected chi connectivity index (χ3v) is 1.85. The van der Waals surface area contributed by atoms with E-state index >= 15 is 0 Å². The summed E-state index contributed by atoms with van der Waals surface area (Å²) in [4.78, 5) is 15.2. The molecule has 72 valence electrons. The molecule has 1 aromatic rings. The minimum atomic E-state index is -0.303. The lowest BCUT2D eigenvalue weighted by atomic mass is 10.3. The van der Waals surface area contributed by atoms with Crippen LogP contribution in [0.15, 0.2) is 12.4 Å². The predicted molar refractivity (Wildman–Crippen MR) is 50.0 cm³/mol. The van der Waals surface area contributed by atoms with Gasteiger partial charge in [0.25, 0.3) is 0 Å². The second kappa shape index (κ2) is 3.93. The molecule has 5 heteroatoms. The first-order valence-corrected chi connectivity index (χ1v) is 4.22. The number of nitrogen functional groups attached to an aromatic ring is 1. The maximum absolute atomic E-state index is 11.4. The summed E-state index contributed by atoms with van der Waals surface area (Å²) in [6.45, 7) is 4.28. The van der Waals surface area contributed by atoms with Crippen molar-refractivity contribution in [2.24, 2.45) is 0 Å². The number of amides is 1. The summed E-state index contributed by atoms with van der Waals surface area (Å²) >= 11 is 0. The predicted octanol–water partition coefficient (Wildman–Crippen LogP) is 0.162. The lowest BCUT2D eigenvalue weighted by molar-refractivity contribution is -0.123. The number of nitrogens with one attached hydrogen (secondary N) is 1. The van der Waals surface area contributed by atoms with Gasteiger partial charge in [0, 0.05) is 18.9 Å². The summed E-state index contributed by atoms with van der Waals surface area (Å²) in [5.74, 6) is 0.311. The second-order valence-electron chi connectivity index (χ2n) is 2.76. The van der Waals surface area contributed by atoms with Gasteiger partial charge < -0.3 is 15.6 Å². The van der Waals surface area contributed by atoms with Gasteiger partial charge in [-0.15, -0.1) is 0 Å². The van der Waals surface area contributed by atoms with Crippen LogP contribution in [0.1, 0.15) is 19.9 Å². The molecular weight excluding hydrogens is 168 g/mol. The Morgan fingerprint density at radius 3 is 3.00 bits per heavy atom.